The van der Waals surface area contributed by atoms with E-state index in [0.717, 1.165) is 43.4 Å². The first kappa shape index (κ1) is 16.1. The van der Waals surface area contributed by atoms with E-state index in [2.05, 4.69) is 35.8 Å². The Morgan fingerprint density at radius 1 is 1.14 bits per heavy atom. The van der Waals surface area contributed by atoms with Crippen molar-refractivity contribution in [2.45, 2.75) is 26.8 Å². The summed E-state index contributed by atoms with van der Waals surface area (Å²) in [5.41, 5.74) is 8.53. The van der Waals surface area contributed by atoms with E-state index in [1.54, 1.807) is 7.11 Å². The van der Waals surface area contributed by atoms with Gasteiger partial charge in [0.15, 0.2) is 0 Å². The average molecular weight is 291 g/mol. The van der Waals surface area contributed by atoms with Crippen molar-refractivity contribution in [3.8, 4) is 5.75 Å². The highest BCUT2D eigenvalue weighted by atomic mass is 16.5. The summed E-state index contributed by atoms with van der Waals surface area (Å²) in [6, 6.07) is 6.20. The molecule has 1 heterocycles. The molecule has 1 aromatic carbocycles. The summed E-state index contributed by atoms with van der Waals surface area (Å²) in [6.45, 7) is 12.1. The Morgan fingerprint density at radius 3 is 2.33 bits per heavy atom. The second-order valence-corrected chi connectivity index (χ2v) is 6.36. The van der Waals surface area contributed by atoms with E-state index < -0.39 is 0 Å². The van der Waals surface area contributed by atoms with Gasteiger partial charge in [-0.1, -0.05) is 19.9 Å². The third kappa shape index (κ3) is 3.89. The fourth-order valence-electron chi connectivity index (χ4n) is 3.13. The van der Waals surface area contributed by atoms with Crippen LogP contribution in [0.4, 0.5) is 5.69 Å². The number of benzene rings is 1. The molecule has 4 heteroatoms. The number of hydrogen-bond acceptors (Lipinski definition) is 4. The van der Waals surface area contributed by atoms with Gasteiger partial charge in [-0.05, 0) is 25.0 Å². The lowest BCUT2D eigenvalue weighted by molar-refractivity contribution is 0.231. The van der Waals surface area contributed by atoms with Crippen molar-refractivity contribution in [2.24, 2.45) is 11.7 Å². The molecule has 0 saturated carbocycles. The lowest BCUT2D eigenvalue weighted by atomic mass is 10.0. The molecule has 118 valence electrons. The number of rotatable bonds is 5. The molecule has 1 fully saturated rings. The molecular weight excluding hydrogens is 262 g/mol. The van der Waals surface area contributed by atoms with Crippen molar-refractivity contribution in [3.63, 3.8) is 0 Å². The van der Waals surface area contributed by atoms with Gasteiger partial charge in [0.2, 0.25) is 0 Å². The van der Waals surface area contributed by atoms with Crippen LogP contribution in [0, 0.1) is 5.92 Å². The van der Waals surface area contributed by atoms with Crippen LogP contribution in [0.15, 0.2) is 18.2 Å². The van der Waals surface area contributed by atoms with Crippen LogP contribution in [0.5, 0.6) is 5.75 Å². The Balaban J connectivity index is 2.13. The molecule has 1 aliphatic rings. The van der Waals surface area contributed by atoms with Crippen LogP contribution < -0.4 is 15.4 Å². The summed E-state index contributed by atoms with van der Waals surface area (Å²) in [5, 5.41) is 0. The maximum absolute atomic E-state index is 6.17. The lowest BCUT2D eigenvalue weighted by Crippen LogP contribution is -2.47. The van der Waals surface area contributed by atoms with Gasteiger partial charge in [0, 0.05) is 50.0 Å². The molecule has 0 bridgehead atoms. The highest BCUT2D eigenvalue weighted by Crippen LogP contribution is 2.34. The Bertz CT molecular complexity index is 451. The molecule has 21 heavy (non-hydrogen) atoms. The molecule has 4 nitrogen and oxygen atoms in total. The monoisotopic (exact) mass is 291 g/mol. The smallest absolute Gasteiger partial charge is 0.125 e. The number of anilines is 1. The van der Waals surface area contributed by atoms with E-state index in [1.807, 2.05) is 13.0 Å². The van der Waals surface area contributed by atoms with E-state index in [1.165, 1.54) is 12.2 Å². The van der Waals surface area contributed by atoms with Crippen LogP contribution in [0.2, 0.25) is 0 Å². The van der Waals surface area contributed by atoms with Gasteiger partial charge in [-0.15, -0.1) is 0 Å². The average Bonchev–Trinajstić information content (AvgIpc) is 2.46. The third-order valence-corrected chi connectivity index (χ3v) is 4.05. The molecule has 1 aromatic rings. The fraction of sp³-hybridized carbons (Fsp3) is 0.647. The minimum atomic E-state index is -0.0233. The first-order valence-electron chi connectivity index (χ1n) is 7.92. The molecule has 0 aliphatic carbocycles. The van der Waals surface area contributed by atoms with Crippen LogP contribution in [0.25, 0.3) is 0 Å². The number of nitrogens with two attached hydrogens (primary N) is 1. The zero-order chi connectivity index (χ0) is 15.4. The highest BCUT2D eigenvalue weighted by Gasteiger charge is 2.22. The van der Waals surface area contributed by atoms with Crippen LogP contribution in [0.3, 0.4) is 0 Å². The van der Waals surface area contributed by atoms with Crippen molar-refractivity contribution in [2.75, 3.05) is 44.7 Å². The van der Waals surface area contributed by atoms with Crippen molar-refractivity contribution >= 4 is 5.69 Å². The Kier molecular flexibility index (Phi) is 5.48. The van der Waals surface area contributed by atoms with Gasteiger partial charge in [-0.25, -0.2) is 0 Å². The SMILES string of the molecule is COc1cccc(N2CCN(CC(C)C)CC2)c1[C@@H](C)N. The van der Waals surface area contributed by atoms with Gasteiger partial charge in [0.25, 0.3) is 0 Å². The molecule has 0 amide bonds. The van der Waals surface area contributed by atoms with Crippen LogP contribution in [0.1, 0.15) is 32.4 Å². The molecule has 1 atom stereocenters. The molecule has 0 unspecified atom stereocenters. The van der Waals surface area contributed by atoms with Crippen molar-refractivity contribution < 1.29 is 4.74 Å². The number of methoxy groups -OCH3 is 1. The van der Waals surface area contributed by atoms with Crippen molar-refractivity contribution in [1.82, 2.24) is 4.90 Å². The van der Waals surface area contributed by atoms with Gasteiger partial charge in [0.1, 0.15) is 5.75 Å². The first-order valence-corrected chi connectivity index (χ1v) is 7.92. The quantitative estimate of drug-likeness (QED) is 0.905. The van der Waals surface area contributed by atoms with Crippen LogP contribution >= 0.6 is 0 Å². The van der Waals surface area contributed by atoms with Gasteiger partial charge in [0.05, 0.1) is 7.11 Å². The molecule has 0 aromatic heterocycles. The maximum atomic E-state index is 6.17. The normalized spacial score (nSPS) is 18.1. The number of hydrogen-bond donors (Lipinski definition) is 1. The van der Waals surface area contributed by atoms with Gasteiger partial charge in [-0.2, -0.15) is 0 Å². The number of nitrogens with zero attached hydrogens (tertiary/aromatic N) is 2. The minimum absolute atomic E-state index is 0.0233. The summed E-state index contributed by atoms with van der Waals surface area (Å²) in [6.07, 6.45) is 0. The summed E-state index contributed by atoms with van der Waals surface area (Å²) in [4.78, 5) is 4.99. The van der Waals surface area contributed by atoms with E-state index >= 15 is 0 Å². The van der Waals surface area contributed by atoms with E-state index in [9.17, 15) is 0 Å². The molecule has 0 radical (unpaired) electrons. The van der Waals surface area contributed by atoms with E-state index in [-0.39, 0.29) is 6.04 Å². The fourth-order valence-corrected chi connectivity index (χ4v) is 3.13. The second kappa shape index (κ2) is 7.14. The minimum Gasteiger partial charge on any atom is -0.496 e. The predicted octanol–water partition coefficient (Wildman–Crippen LogP) is 2.49. The van der Waals surface area contributed by atoms with E-state index in [0.29, 0.717) is 0 Å². The van der Waals surface area contributed by atoms with Crippen molar-refractivity contribution in [1.29, 1.82) is 0 Å². The zero-order valence-electron chi connectivity index (χ0n) is 13.8. The maximum Gasteiger partial charge on any atom is 0.125 e. The van der Waals surface area contributed by atoms with Gasteiger partial charge in [-0.3, -0.25) is 4.90 Å². The second-order valence-electron chi connectivity index (χ2n) is 6.36. The zero-order valence-corrected chi connectivity index (χ0v) is 13.8. The summed E-state index contributed by atoms with van der Waals surface area (Å²) >= 11 is 0. The molecule has 1 saturated heterocycles. The molecule has 0 spiro atoms. The summed E-state index contributed by atoms with van der Waals surface area (Å²) in [7, 11) is 1.71. The molecule has 2 N–H and O–H groups in total. The van der Waals surface area contributed by atoms with Crippen LogP contribution in [-0.4, -0.2) is 44.7 Å². The van der Waals surface area contributed by atoms with E-state index in [4.69, 9.17) is 10.5 Å². The highest BCUT2D eigenvalue weighted by molar-refractivity contribution is 5.61. The standard InChI is InChI=1S/C17H29N3O/c1-13(2)12-19-8-10-20(11-9-19)15-6-5-7-16(21-4)17(15)14(3)18/h5-7,13-14H,8-12,18H2,1-4H3/t14-/m1/s1. The Morgan fingerprint density at radius 2 is 1.81 bits per heavy atom. The first-order chi connectivity index (χ1) is 10.0. The summed E-state index contributed by atoms with van der Waals surface area (Å²) in [5.74, 6) is 1.63. The van der Waals surface area contributed by atoms with Crippen molar-refractivity contribution in [3.05, 3.63) is 23.8 Å². The predicted molar refractivity (Wildman–Crippen MR) is 89.1 cm³/mol. The van der Waals surface area contributed by atoms with Gasteiger partial charge < -0.3 is 15.4 Å². The topological polar surface area (TPSA) is 41.7 Å². The molecule has 2 rings (SSSR count). The molecule has 1 aliphatic heterocycles. The Hall–Kier alpha value is -1.26. The van der Waals surface area contributed by atoms with Crippen LogP contribution in [-0.2, 0) is 0 Å². The third-order valence-electron chi connectivity index (χ3n) is 4.05. The molecular formula is C17H29N3O. The Labute approximate surface area is 128 Å². The number of piperazine rings is 1. The van der Waals surface area contributed by atoms with Gasteiger partial charge >= 0.3 is 0 Å². The lowest BCUT2D eigenvalue weighted by Gasteiger charge is -2.38. The summed E-state index contributed by atoms with van der Waals surface area (Å²) < 4.78 is 5.49. The largest absolute Gasteiger partial charge is 0.496 e. The number of ether oxygens (including phenoxy) is 1.